The van der Waals surface area contributed by atoms with E-state index >= 15 is 0 Å². The van der Waals surface area contributed by atoms with E-state index < -0.39 is 24.3 Å². The zero-order valence-electron chi connectivity index (χ0n) is 16.1. The highest BCUT2D eigenvalue weighted by molar-refractivity contribution is 8.26. The van der Waals surface area contributed by atoms with Gasteiger partial charge in [0.05, 0.1) is 17.6 Å². The number of methoxy groups -OCH3 is 1. The van der Waals surface area contributed by atoms with Gasteiger partial charge in [0.2, 0.25) is 0 Å². The number of rotatable bonds is 5. The molecule has 1 fully saturated rings. The van der Waals surface area contributed by atoms with Gasteiger partial charge in [-0.25, -0.2) is 0 Å². The molecule has 0 aliphatic carbocycles. The molecule has 1 aliphatic heterocycles. The highest BCUT2D eigenvalue weighted by atomic mass is 32.2. The Hall–Kier alpha value is -3.57. The predicted molar refractivity (Wildman–Crippen MR) is 118 cm³/mol. The van der Waals surface area contributed by atoms with Crippen LogP contribution < -0.4 is 15.6 Å². The lowest BCUT2D eigenvalue weighted by molar-refractivity contribution is -0.129. The van der Waals surface area contributed by atoms with Gasteiger partial charge in [0, 0.05) is 0 Å². The van der Waals surface area contributed by atoms with Gasteiger partial charge >= 0.3 is 0 Å². The molecule has 3 amide bonds. The Bertz CT molecular complexity index is 1100. The summed E-state index contributed by atoms with van der Waals surface area (Å²) in [5.41, 5.74) is 4.95. The van der Waals surface area contributed by atoms with Crippen molar-refractivity contribution in [3.8, 4) is 17.2 Å². The molecule has 31 heavy (non-hydrogen) atoms. The van der Waals surface area contributed by atoms with Gasteiger partial charge in [0.25, 0.3) is 17.7 Å². The van der Waals surface area contributed by atoms with E-state index in [1.54, 1.807) is 30.3 Å². The van der Waals surface area contributed by atoms with E-state index in [4.69, 9.17) is 17.0 Å². The van der Waals surface area contributed by atoms with Crippen molar-refractivity contribution in [1.82, 2.24) is 15.8 Å². The van der Waals surface area contributed by atoms with Gasteiger partial charge < -0.3 is 14.9 Å². The van der Waals surface area contributed by atoms with Gasteiger partial charge in [-0.15, -0.1) is 0 Å². The number of nitrogens with one attached hydrogen (secondary N) is 2. The zero-order chi connectivity index (χ0) is 22.5. The largest absolute Gasteiger partial charge is 0.507 e. The fraction of sp³-hybridized carbons (Fsp3) is 0.100. The Kier molecular flexibility index (Phi) is 6.78. The first-order valence-corrected chi connectivity index (χ1v) is 10.0. The Balaban J connectivity index is 1.62. The predicted octanol–water partition coefficient (Wildman–Crippen LogP) is 1.77. The molecule has 0 aromatic heterocycles. The van der Waals surface area contributed by atoms with Crippen LogP contribution in [0.5, 0.6) is 17.2 Å². The highest BCUT2D eigenvalue weighted by Crippen LogP contribution is 2.34. The minimum Gasteiger partial charge on any atom is -0.507 e. The summed E-state index contributed by atoms with van der Waals surface area (Å²) in [7, 11) is 1.41. The van der Waals surface area contributed by atoms with Crippen molar-refractivity contribution in [1.29, 1.82) is 0 Å². The maximum atomic E-state index is 12.6. The normalized spacial score (nSPS) is 14.6. The fourth-order valence-corrected chi connectivity index (χ4v) is 3.87. The number of hydrazine groups is 1. The number of hydrogen-bond acceptors (Lipinski definition) is 8. The van der Waals surface area contributed by atoms with Crippen LogP contribution in [-0.2, 0) is 9.59 Å². The van der Waals surface area contributed by atoms with Crippen LogP contribution in [0.1, 0.15) is 15.9 Å². The van der Waals surface area contributed by atoms with Crippen LogP contribution in [0.2, 0.25) is 0 Å². The fourth-order valence-electron chi connectivity index (χ4n) is 2.61. The summed E-state index contributed by atoms with van der Waals surface area (Å²) in [6.45, 7) is -0.401. The van der Waals surface area contributed by atoms with E-state index in [1.807, 2.05) is 0 Å². The second kappa shape index (κ2) is 9.49. The number of ether oxygens (including phenoxy) is 1. The van der Waals surface area contributed by atoms with Crippen molar-refractivity contribution in [3.05, 3.63) is 58.5 Å². The van der Waals surface area contributed by atoms with Crippen LogP contribution in [0.25, 0.3) is 6.08 Å². The van der Waals surface area contributed by atoms with Crippen molar-refractivity contribution < 1.29 is 29.3 Å². The molecule has 4 N–H and O–H groups in total. The van der Waals surface area contributed by atoms with Crippen molar-refractivity contribution >= 4 is 52.1 Å². The SMILES string of the molecule is COc1cc(C=C2SC(=S)N(CC(=O)NNC(=O)c3ccccc3O)C2=O)ccc1O. The third-order valence-corrected chi connectivity index (χ3v) is 5.52. The number of carbonyl (C=O) groups excluding carboxylic acids is 3. The Morgan fingerprint density at radius 1 is 1.16 bits per heavy atom. The standard InChI is InChI=1S/C20H17N3O6S2/c1-29-15-8-11(6-7-14(15)25)9-16-19(28)23(20(30)31-16)10-17(26)21-22-18(27)12-4-2-3-5-13(12)24/h2-9,24-25H,10H2,1H3,(H,21,26)(H,22,27). The number of amides is 3. The van der Waals surface area contributed by atoms with Gasteiger partial charge in [-0.2, -0.15) is 0 Å². The molecule has 1 heterocycles. The van der Waals surface area contributed by atoms with E-state index in [9.17, 15) is 24.6 Å². The van der Waals surface area contributed by atoms with Crippen LogP contribution in [-0.4, -0.2) is 50.8 Å². The van der Waals surface area contributed by atoms with Crippen LogP contribution in [0.4, 0.5) is 0 Å². The highest BCUT2D eigenvalue weighted by Gasteiger charge is 2.33. The van der Waals surface area contributed by atoms with Crippen LogP contribution in [0.15, 0.2) is 47.4 Å². The van der Waals surface area contributed by atoms with Gasteiger partial charge in [0.15, 0.2) is 11.5 Å². The molecular weight excluding hydrogens is 442 g/mol. The van der Waals surface area contributed by atoms with Gasteiger partial charge in [-0.1, -0.05) is 42.2 Å². The summed E-state index contributed by atoms with van der Waals surface area (Å²) in [6.07, 6.45) is 1.57. The van der Waals surface area contributed by atoms with E-state index in [0.717, 1.165) is 16.7 Å². The van der Waals surface area contributed by atoms with E-state index in [2.05, 4.69) is 10.9 Å². The number of para-hydroxylation sites is 1. The number of phenolic OH excluding ortho intramolecular Hbond substituents is 2. The molecule has 1 saturated heterocycles. The van der Waals surface area contributed by atoms with Gasteiger partial charge in [-0.3, -0.25) is 30.1 Å². The Morgan fingerprint density at radius 3 is 2.61 bits per heavy atom. The smallest absolute Gasteiger partial charge is 0.273 e. The van der Waals surface area contributed by atoms with Crippen molar-refractivity contribution in [2.75, 3.05) is 13.7 Å². The lowest BCUT2D eigenvalue weighted by Crippen LogP contribution is -2.47. The average molecular weight is 460 g/mol. The molecule has 1 aliphatic rings. The quantitative estimate of drug-likeness (QED) is 0.303. The van der Waals surface area contributed by atoms with E-state index in [1.165, 1.54) is 25.3 Å². The van der Waals surface area contributed by atoms with Gasteiger partial charge in [-0.05, 0) is 35.9 Å². The Labute approximate surface area is 186 Å². The zero-order valence-corrected chi connectivity index (χ0v) is 17.8. The summed E-state index contributed by atoms with van der Waals surface area (Å²) in [5, 5.41) is 19.3. The molecule has 11 heteroatoms. The second-order valence-electron chi connectivity index (χ2n) is 6.22. The maximum absolute atomic E-state index is 12.6. The van der Waals surface area contributed by atoms with Crippen molar-refractivity contribution in [3.63, 3.8) is 0 Å². The molecule has 9 nitrogen and oxygen atoms in total. The number of carbonyl (C=O) groups is 3. The number of thiocarbonyl (C=S) groups is 1. The van der Waals surface area contributed by atoms with Crippen LogP contribution in [0, 0.1) is 0 Å². The van der Waals surface area contributed by atoms with Crippen molar-refractivity contribution in [2.45, 2.75) is 0 Å². The topological polar surface area (TPSA) is 128 Å². The number of aromatic hydroxyl groups is 2. The molecule has 2 aromatic rings. The first-order valence-electron chi connectivity index (χ1n) is 8.79. The molecule has 0 saturated carbocycles. The number of thioether (sulfide) groups is 1. The molecule has 0 unspecified atom stereocenters. The molecule has 0 bridgehead atoms. The first-order chi connectivity index (χ1) is 14.8. The number of phenols is 2. The molecule has 2 aromatic carbocycles. The summed E-state index contributed by atoms with van der Waals surface area (Å²) >= 11 is 6.21. The molecule has 0 spiro atoms. The van der Waals surface area contributed by atoms with Crippen molar-refractivity contribution in [2.24, 2.45) is 0 Å². The molecular formula is C20H17N3O6S2. The third-order valence-electron chi connectivity index (χ3n) is 4.14. The number of benzene rings is 2. The third kappa shape index (κ3) is 5.13. The summed E-state index contributed by atoms with van der Waals surface area (Å²) in [5.74, 6) is -1.87. The molecule has 0 atom stereocenters. The minimum atomic E-state index is -0.710. The van der Waals surface area contributed by atoms with Crippen LogP contribution in [0.3, 0.4) is 0 Å². The van der Waals surface area contributed by atoms with Crippen LogP contribution >= 0.6 is 24.0 Å². The number of nitrogens with zero attached hydrogens (tertiary/aromatic N) is 1. The second-order valence-corrected chi connectivity index (χ2v) is 7.89. The first kappa shape index (κ1) is 22.1. The Morgan fingerprint density at radius 2 is 1.90 bits per heavy atom. The summed E-state index contributed by atoms with van der Waals surface area (Å²) in [4.78, 5) is 38.3. The monoisotopic (exact) mass is 459 g/mol. The minimum absolute atomic E-state index is 0.0133. The van der Waals surface area contributed by atoms with E-state index in [-0.39, 0.29) is 27.1 Å². The number of hydrogen-bond donors (Lipinski definition) is 4. The lowest BCUT2D eigenvalue weighted by Gasteiger charge is -2.14. The maximum Gasteiger partial charge on any atom is 0.273 e. The summed E-state index contributed by atoms with van der Waals surface area (Å²) in [6, 6.07) is 10.4. The molecule has 3 rings (SSSR count). The molecule has 0 radical (unpaired) electrons. The molecule has 160 valence electrons. The summed E-state index contributed by atoms with van der Waals surface area (Å²) < 4.78 is 5.23. The average Bonchev–Trinajstić information content (AvgIpc) is 3.01. The van der Waals surface area contributed by atoms with Gasteiger partial charge in [0.1, 0.15) is 16.6 Å². The van der Waals surface area contributed by atoms with E-state index in [0.29, 0.717) is 10.5 Å². The lowest BCUT2D eigenvalue weighted by atomic mass is 10.2.